The Balaban J connectivity index is 3.02. The van der Waals surface area contributed by atoms with Crippen molar-refractivity contribution in [3.05, 3.63) is 10.9 Å². The Hall–Kier alpha value is -0.580. The minimum absolute atomic E-state index is 0.554. The average Bonchev–Trinajstić information content (AvgIpc) is 1.69. The maximum atomic E-state index is 4.52. The summed E-state index contributed by atoms with van der Waals surface area (Å²) in [6.45, 7) is 0. The number of hydrogen-bond donors (Lipinski definition) is 2. The highest BCUT2D eigenvalue weighted by atomic mass is 79.9. The van der Waals surface area contributed by atoms with Crippen LogP contribution in [0.2, 0.25) is 0 Å². The van der Waals surface area contributed by atoms with Crippen LogP contribution in [-0.2, 0) is 0 Å². The van der Waals surface area contributed by atoms with Crippen molar-refractivity contribution < 1.29 is 9.15 Å². The SMILES string of the molecule is Brc1c[nH]o[nH]o1. The average molecular weight is 167 g/mol. The molecule has 0 saturated carbocycles. The van der Waals surface area contributed by atoms with Crippen molar-refractivity contribution in [1.29, 1.82) is 0 Å². The molecule has 0 unspecified atom stereocenters. The molecular formula is C2H3BrN2O2. The minimum Gasteiger partial charge on any atom is -0.341 e. The number of aromatic nitrogens is 2. The fraction of sp³-hybridized carbons (Fsp3) is 0. The van der Waals surface area contributed by atoms with Crippen LogP contribution in [0.15, 0.2) is 20.0 Å². The molecule has 5 heteroatoms. The Morgan fingerprint density at radius 3 is 2.86 bits per heavy atom. The lowest BCUT2D eigenvalue weighted by Crippen LogP contribution is -1.71. The summed E-state index contributed by atoms with van der Waals surface area (Å²) in [4.78, 5) is 0. The van der Waals surface area contributed by atoms with E-state index >= 15 is 0 Å². The molecule has 2 N–H and O–H groups in total. The van der Waals surface area contributed by atoms with Gasteiger partial charge in [0, 0.05) is 0 Å². The van der Waals surface area contributed by atoms with Crippen LogP contribution in [0.3, 0.4) is 0 Å². The van der Waals surface area contributed by atoms with Crippen LogP contribution < -0.4 is 0 Å². The summed E-state index contributed by atoms with van der Waals surface area (Å²) in [5.74, 6) is 0. The predicted molar refractivity (Wildman–Crippen MR) is 25.0 cm³/mol. The molecule has 0 bridgehead atoms. The second kappa shape index (κ2) is 1.92. The predicted octanol–water partition coefficient (Wildman–Crippen LogP) is 1.42. The molecule has 1 heterocycles. The van der Waals surface area contributed by atoms with Crippen molar-refractivity contribution in [1.82, 2.24) is 10.5 Å². The molecule has 40 valence electrons. The zero-order valence-electron chi connectivity index (χ0n) is 3.27. The first kappa shape index (κ1) is 4.58. The fourth-order valence-electron chi connectivity index (χ4n) is 0.190. The largest absolute Gasteiger partial charge is 0.341 e. The van der Waals surface area contributed by atoms with Gasteiger partial charge in [-0.1, -0.05) is 5.33 Å². The van der Waals surface area contributed by atoms with Crippen molar-refractivity contribution in [3.8, 4) is 0 Å². The standard InChI is InChI=1S/C2H3BrN2O2/c3-2-1-4-7-5-6-2/h1,4-5H. The maximum Gasteiger partial charge on any atom is 0.220 e. The maximum absolute atomic E-state index is 4.52. The molecule has 0 fully saturated rings. The summed E-state index contributed by atoms with van der Waals surface area (Å²) in [5.41, 5.74) is 0. The van der Waals surface area contributed by atoms with Gasteiger partial charge >= 0.3 is 0 Å². The number of halogens is 1. The number of nitrogens with one attached hydrogen (secondary N) is 2. The number of H-pyrrole nitrogens is 2. The Morgan fingerprint density at radius 2 is 2.57 bits per heavy atom. The van der Waals surface area contributed by atoms with Gasteiger partial charge in [-0.15, -0.1) is 0 Å². The Morgan fingerprint density at radius 1 is 1.71 bits per heavy atom. The second-order valence-electron chi connectivity index (χ2n) is 0.854. The van der Waals surface area contributed by atoms with Gasteiger partial charge in [-0.25, -0.2) is 0 Å². The third-order valence-corrected chi connectivity index (χ3v) is 0.803. The van der Waals surface area contributed by atoms with Gasteiger partial charge in [0.15, 0.2) is 0 Å². The van der Waals surface area contributed by atoms with Gasteiger partial charge in [0.1, 0.15) is 0 Å². The first-order valence-corrected chi connectivity index (χ1v) is 2.38. The van der Waals surface area contributed by atoms with E-state index in [0.29, 0.717) is 4.67 Å². The molecule has 0 aliphatic heterocycles. The molecule has 1 aromatic rings. The lowest BCUT2D eigenvalue weighted by Gasteiger charge is -1.83. The minimum atomic E-state index is 0.554. The molecular weight excluding hydrogens is 164 g/mol. The summed E-state index contributed by atoms with van der Waals surface area (Å²) >= 11 is 3.02. The lowest BCUT2D eigenvalue weighted by molar-refractivity contribution is 0.112. The molecule has 0 aliphatic rings. The molecule has 0 spiro atoms. The normalized spacial score (nSPS) is 8.71. The quantitative estimate of drug-likeness (QED) is 0.613. The van der Waals surface area contributed by atoms with E-state index in [0.717, 1.165) is 0 Å². The lowest BCUT2D eigenvalue weighted by atomic mass is 11.0. The van der Waals surface area contributed by atoms with Gasteiger partial charge in [-0.2, -0.15) is 5.16 Å². The van der Waals surface area contributed by atoms with Gasteiger partial charge in [0.05, 0.1) is 6.20 Å². The monoisotopic (exact) mass is 166 g/mol. The van der Waals surface area contributed by atoms with Crippen LogP contribution in [0.5, 0.6) is 0 Å². The summed E-state index contributed by atoms with van der Waals surface area (Å²) < 4.78 is 9.39. The van der Waals surface area contributed by atoms with E-state index in [1.54, 1.807) is 0 Å². The molecule has 1 rings (SSSR count). The smallest absolute Gasteiger partial charge is 0.220 e. The van der Waals surface area contributed by atoms with E-state index in [4.69, 9.17) is 0 Å². The van der Waals surface area contributed by atoms with Gasteiger partial charge in [-0.05, 0) is 15.9 Å². The molecule has 0 aromatic carbocycles. The Bertz CT molecular complexity index is 144. The van der Waals surface area contributed by atoms with E-state index in [1.165, 1.54) is 6.20 Å². The molecule has 7 heavy (non-hydrogen) atoms. The zero-order valence-corrected chi connectivity index (χ0v) is 4.86. The molecule has 0 aliphatic carbocycles. The molecule has 0 amide bonds. The molecule has 0 atom stereocenters. The van der Waals surface area contributed by atoms with Crippen molar-refractivity contribution in [2.45, 2.75) is 0 Å². The third-order valence-electron chi connectivity index (χ3n) is 0.412. The molecule has 0 radical (unpaired) electrons. The van der Waals surface area contributed by atoms with E-state index < -0.39 is 0 Å². The highest BCUT2D eigenvalue weighted by Gasteiger charge is 1.78. The van der Waals surface area contributed by atoms with E-state index in [2.05, 4.69) is 35.6 Å². The number of hydrogen-bond acceptors (Lipinski definition) is 2. The van der Waals surface area contributed by atoms with Gasteiger partial charge in [-0.3, -0.25) is 4.63 Å². The highest BCUT2D eigenvalue weighted by molar-refractivity contribution is 9.10. The summed E-state index contributed by atoms with van der Waals surface area (Å²) in [7, 11) is 0. The van der Waals surface area contributed by atoms with Gasteiger partial charge in [0.2, 0.25) is 4.67 Å². The first-order valence-electron chi connectivity index (χ1n) is 1.58. The van der Waals surface area contributed by atoms with E-state index in [-0.39, 0.29) is 0 Å². The van der Waals surface area contributed by atoms with Gasteiger partial charge < -0.3 is 4.52 Å². The summed E-state index contributed by atoms with van der Waals surface area (Å²) in [6.07, 6.45) is 1.51. The van der Waals surface area contributed by atoms with Crippen LogP contribution in [0.25, 0.3) is 0 Å². The Kier molecular flexibility index (Phi) is 1.26. The van der Waals surface area contributed by atoms with Crippen LogP contribution in [0, 0.1) is 0 Å². The second-order valence-corrected chi connectivity index (χ2v) is 1.64. The van der Waals surface area contributed by atoms with Crippen molar-refractivity contribution in [2.75, 3.05) is 0 Å². The van der Waals surface area contributed by atoms with Crippen LogP contribution in [-0.4, -0.2) is 10.5 Å². The summed E-state index contributed by atoms with van der Waals surface area (Å²) in [5, 5.41) is 4.50. The third kappa shape index (κ3) is 1.15. The van der Waals surface area contributed by atoms with E-state index in [9.17, 15) is 0 Å². The van der Waals surface area contributed by atoms with Crippen molar-refractivity contribution >= 4 is 15.9 Å². The van der Waals surface area contributed by atoms with Crippen LogP contribution in [0.1, 0.15) is 0 Å². The van der Waals surface area contributed by atoms with Crippen molar-refractivity contribution in [2.24, 2.45) is 0 Å². The number of rotatable bonds is 0. The summed E-state index contributed by atoms with van der Waals surface area (Å²) in [6, 6.07) is 0. The molecule has 0 saturated heterocycles. The van der Waals surface area contributed by atoms with Crippen molar-refractivity contribution in [3.63, 3.8) is 0 Å². The highest BCUT2D eigenvalue weighted by Crippen LogP contribution is 2.00. The molecule has 4 nitrogen and oxygen atoms in total. The fourth-order valence-corrected chi connectivity index (χ4v) is 0.349. The first-order chi connectivity index (χ1) is 3.39. The molecule has 1 aromatic heterocycles. The van der Waals surface area contributed by atoms with Gasteiger partial charge in [0.25, 0.3) is 0 Å². The van der Waals surface area contributed by atoms with E-state index in [1.807, 2.05) is 0 Å². The Labute approximate surface area is 47.2 Å². The number of aromatic amines is 2. The van der Waals surface area contributed by atoms with Crippen LogP contribution in [0.4, 0.5) is 0 Å². The topological polar surface area (TPSA) is 57.9 Å². The van der Waals surface area contributed by atoms with Crippen LogP contribution >= 0.6 is 15.9 Å². The zero-order chi connectivity index (χ0) is 5.11.